The Balaban J connectivity index is 1.69. The van der Waals surface area contributed by atoms with Crippen molar-refractivity contribution in [2.75, 3.05) is 0 Å². The van der Waals surface area contributed by atoms with Gasteiger partial charge in [0.25, 0.3) is 0 Å². The van der Waals surface area contributed by atoms with Crippen molar-refractivity contribution in [1.29, 1.82) is 10.5 Å². The molecule has 2 aromatic carbocycles. The Hall–Kier alpha value is -4.02. The van der Waals surface area contributed by atoms with Crippen molar-refractivity contribution in [2.45, 2.75) is 32.1 Å². The second-order valence-corrected chi connectivity index (χ2v) is 8.64. The van der Waals surface area contributed by atoms with Gasteiger partial charge in [-0.1, -0.05) is 42.0 Å². The molecule has 4 N–H and O–H groups in total. The van der Waals surface area contributed by atoms with E-state index in [4.69, 9.17) is 11.5 Å². The van der Waals surface area contributed by atoms with Gasteiger partial charge in [-0.3, -0.25) is 0 Å². The first kappa shape index (κ1) is 19.9. The van der Waals surface area contributed by atoms with Crippen molar-refractivity contribution >= 4 is 11.1 Å². The third kappa shape index (κ3) is 3.13. The highest BCUT2D eigenvalue weighted by atomic mass is 14.8. The molecule has 0 aromatic heterocycles. The largest absolute Gasteiger partial charge is 0.385 e. The Kier molecular flexibility index (Phi) is 4.92. The van der Waals surface area contributed by atoms with Gasteiger partial charge in [-0.2, -0.15) is 10.5 Å². The maximum absolute atomic E-state index is 9.95. The maximum Gasteiger partial charge on any atom is 0.102 e. The van der Waals surface area contributed by atoms with Gasteiger partial charge in [0.2, 0.25) is 0 Å². The molecular formula is C28H24N4. The third-order valence-corrected chi connectivity index (χ3v) is 6.82. The average molecular weight is 417 g/mol. The smallest absolute Gasteiger partial charge is 0.102 e. The summed E-state index contributed by atoms with van der Waals surface area (Å²) in [6.07, 6.45) is 9.51. The number of fused-ring (bicyclic) bond motifs is 2. The number of rotatable bonds is 2. The van der Waals surface area contributed by atoms with Gasteiger partial charge in [-0.25, -0.2) is 0 Å². The lowest BCUT2D eigenvalue weighted by Crippen LogP contribution is -2.16. The summed E-state index contributed by atoms with van der Waals surface area (Å²) in [5.74, 6) is 0.358. The molecule has 1 atom stereocenters. The molecule has 0 bridgehead atoms. The van der Waals surface area contributed by atoms with E-state index in [1.165, 1.54) is 18.4 Å². The van der Waals surface area contributed by atoms with Crippen LogP contribution >= 0.6 is 0 Å². The minimum Gasteiger partial charge on any atom is -0.385 e. The van der Waals surface area contributed by atoms with Crippen molar-refractivity contribution in [3.8, 4) is 23.3 Å². The molecule has 4 nitrogen and oxygen atoms in total. The van der Waals surface area contributed by atoms with Crippen LogP contribution < -0.4 is 11.5 Å². The van der Waals surface area contributed by atoms with Gasteiger partial charge in [0.15, 0.2) is 0 Å². The maximum atomic E-state index is 9.95. The summed E-state index contributed by atoms with van der Waals surface area (Å²) in [4.78, 5) is 0. The van der Waals surface area contributed by atoms with E-state index < -0.39 is 0 Å². The zero-order chi connectivity index (χ0) is 22.2. The van der Waals surface area contributed by atoms with Gasteiger partial charge >= 0.3 is 0 Å². The van der Waals surface area contributed by atoms with E-state index in [0.717, 1.165) is 57.4 Å². The first-order chi connectivity index (χ1) is 15.6. The minimum absolute atomic E-state index is 0.0757. The Morgan fingerprint density at radius 1 is 0.938 bits per heavy atom. The fourth-order valence-electron chi connectivity index (χ4n) is 5.34. The molecule has 0 amide bonds. The molecule has 0 fully saturated rings. The number of hydrogen-bond acceptors (Lipinski definition) is 4. The molecule has 4 heteroatoms. The van der Waals surface area contributed by atoms with Crippen LogP contribution in [-0.2, 0) is 0 Å². The van der Waals surface area contributed by atoms with Crippen LogP contribution in [0.25, 0.3) is 22.3 Å². The molecular weight excluding hydrogens is 392 g/mol. The Morgan fingerprint density at radius 2 is 1.75 bits per heavy atom. The number of benzene rings is 2. The number of nitrogens with zero attached hydrogens (tertiary/aromatic N) is 2. The van der Waals surface area contributed by atoms with Crippen molar-refractivity contribution in [3.63, 3.8) is 0 Å². The summed E-state index contributed by atoms with van der Waals surface area (Å²) in [6, 6.07) is 18.6. The van der Waals surface area contributed by atoms with Crippen molar-refractivity contribution in [3.05, 3.63) is 93.8 Å². The van der Waals surface area contributed by atoms with Crippen LogP contribution in [0.15, 0.2) is 77.2 Å². The van der Waals surface area contributed by atoms with Crippen LogP contribution in [0.1, 0.15) is 48.8 Å². The molecule has 2 aromatic rings. The molecule has 1 unspecified atom stereocenters. The summed E-state index contributed by atoms with van der Waals surface area (Å²) < 4.78 is 0. The molecule has 0 spiro atoms. The number of nitriles is 2. The lowest BCUT2D eigenvalue weighted by molar-refractivity contribution is 0.609. The second kappa shape index (κ2) is 7.91. The summed E-state index contributed by atoms with van der Waals surface area (Å²) in [7, 11) is 0. The highest BCUT2D eigenvalue weighted by molar-refractivity contribution is 6.06. The Labute approximate surface area is 188 Å². The Morgan fingerprint density at radius 3 is 2.41 bits per heavy atom. The number of nitrogens with two attached hydrogens (primary N) is 2. The van der Waals surface area contributed by atoms with Crippen LogP contribution in [-0.4, -0.2) is 0 Å². The molecule has 0 saturated carbocycles. The average Bonchev–Trinajstić information content (AvgIpc) is 3.16. The SMILES string of the molecule is N#CC1=CC2=C(CC1C1=CCCCC1)C(=C(N)N)c1cc(-c3ccccc3)c(C#N)cc12. The summed E-state index contributed by atoms with van der Waals surface area (Å²) in [5, 5.41) is 19.8. The highest BCUT2D eigenvalue weighted by Gasteiger charge is 2.35. The fourth-order valence-corrected chi connectivity index (χ4v) is 5.34. The third-order valence-electron chi connectivity index (χ3n) is 6.82. The molecule has 0 heterocycles. The number of allylic oxidation sites excluding steroid dienone is 7. The van der Waals surface area contributed by atoms with Crippen LogP contribution in [0, 0.1) is 28.6 Å². The molecule has 5 rings (SSSR count). The predicted octanol–water partition coefficient (Wildman–Crippen LogP) is 5.55. The quantitative estimate of drug-likeness (QED) is 0.627. The second-order valence-electron chi connectivity index (χ2n) is 8.64. The molecule has 3 aliphatic carbocycles. The molecule has 0 saturated heterocycles. The van der Waals surface area contributed by atoms with E-state index in [1.54, 1.807) is 0 Å². The minimum atomic E-state index is 0.0757. The zero-order valence-electron chi connectivity index (χ0n) is 17.9. The van der Waals surface area contributed by atoms with E-state index in [0.29, 0.717) is 12.0 Å². The van der Waals surface area contributed by atoms with E-state index in [2.05, 4.69) is 18.2 Å². The van der Waals surface area contributed by atoms with Gasteiger partial charge in [0, 0.05) is 22.6 Å². The molecule has 32 heavy (non-hydrogen) atoms. The highest BCUT2D eigenvalue weighted by Crippen LogP contribution is 2.52. The standard InChI is InChI=1S/C28H24N4/c29-15-19-11-23-24-12-20(16-30)22(18-9-5-2-6-10-18)14-26(24)27(28(31)32)25(23)13-21(19)17-7-3-1-4-8-17/h1,3-4,7-9,11-13,22H,2,5-6,10,14,31-32H2. The van der Waals surface area contributed by atoms with Crippen LogP contribution in [0.4, 0.5) is 0 Å². The fraction of sp³-hybridized carbons (Fsp3) is 0.214. The first-order valence-electron chi connectivity index (χ1n) is 11.1. The molecule has 0 aliphatic heterocycles. The lowest BCUT2D eigenvalue weighted by atomic mass is 9.76. The summed E-state index contributed by atoms with van der Waals surface area (Å²) >= 11 is 0. The van der Waals surface area contributed by atoms with E-state index in [-0.39, 0.29) is 11.7 Å². The van der Waals surface area contributed by atoms with Crippen molar-refractivity contribution in [1.82, 2.24) is 0 Å². The van der Waals surface area contributed by atoms with Crippen LogP contribution in [0.2, 0.25) is 0 Å². The normalized spacial score (nSPS) is 19.3. The number of hydrogen-bond donors (Lipinski definition) is 2. The van der Waals surface area contributed by atoms with E-state index in [1.807, 2.05) is 48.5 Å². The summed E-state index contributed by atoms with van der Waals surface area (Å²) in [5.41, 5.74) is 21.8. The van der Waals surface area contributed by atoms with Gasteiger partial charge in [-0.15, -0.1) is 0 Å². The van der Waals surface area contributed by atoms with Crippen molar-refractivity contribution in [2.24, 2.45) is 17.4 Å². The van der Waals surface area contributed by atoms with Gasteiger partial charge in [0.1, 0.15) is 5.82 Å². The first-order valence-corrected chi connectivity index (χ1v) is 11.1. The zero-order valence-corrected chi connectivity index (χ0v) is 17.9. The predicted molar refractivity (Wildman–Crippen MR) is 127 cm³/mol. The molecule has 3 aliphatic rings. The van der Waals surface area contributed by atoms with Crippen LogP contribution in [0.3, 0.4) is 0 Å². The van der Waals surface area contributed by atoms with Crippen molar-refractivity contribution < 1.29 is 0 Å². The topological polar surface area (TPSA) is 99.6 Å². The summed E-state index contributed by atoms with van der Waals surface area (Å²) in [6.45, 7) is 0. The van der Waals surface area contributed by atoms with E-state index >= 15 is 0 Å². The van der Waals surface area contributed by atoms with Gasteiger partial charge in [0.05, 0.1) is 17.7 Å². The monoisotopic (exact) mass is 416 g/mol. The van der Waals surface area contributed by atoms with Crippen LogP contribution in [0.5, 0.6) is 0 Å². The molecule has 156 valence electrons. The molecule has 0 radical (unpaired) electrons. The van der Waals surface area contributed by atoms with Gasteiger partial charge < -0.3 is 11.5 Å². The lowest BCUT2D eigenvalue weighted by Gasteiger charge is -2.27. The Bertz CT molecular complexity index is 1320. The van der Waals surface area contributed by atoms with Gasteiger partial charge in [-0.05, 0) is 78.1 Å². The van der Waals surface area contributed by atoms with E-state index in [9.17, 15) is 10.5 Å².